The topological polar surface area (TPSA) is 37.8 Å². The van der Waals surface area contributed by atoms with Crippen LogP contribution in [0.2, 0.25) is 0 Å². The fourth-order valence-electron chi connectivity index (χ4n) is 1.61. The van der Waals surface area contributed by atoms with Crippen molar-refractivity contribution in [1.29, 1.82) is 0 Å². The van der Waals surface area contributed by atoms with Crippen molar-refractivity contribution in [3.63, 3.8) is 0 Å². The summed E-state index contributed by atoms with van der Waals surface area (Å²) in [6, 6.07) is 10.3. The van der Waals surface area contributed by atoms with E-state index in [1.165, 1.54) is 5.56 Å². The molecule has 0 saturated carbocycles. The Hall–Kier alpha value is -1.74. The third-order valence-corrected chi connectivity index (χ3v) is 2.59. The van der Waals surface area contributed by atoms with Gasteiger partial charge < -0.3 is 5.32 Å². The van der Waals surface area contributed by atoms with E-state index < -0.39 is 0 Å². The maximum atomic E-state index is 4.54. The highest BCUT2D eigenvalue weighted by atomic mass is 15.0. The summed E-state index contributed by atoms with van der Waals surface area (Å²) >= 11 is 0. The van der Waals surface area contributed by atoms with Gasteiger partial charge in [-0.25, -0.2) is 9.97 Å². The van der Waals surface area contributed by atoms with E-state index in [1.54, 1.807) is 0 Å². The third kappa shape index (κ3) is 3.11. The Kier molecular flexibility index (Phi) is 3.83. The zero-order valence-electron chi connectivity index (χ0n) is 10.3. The summed E-state index contributed by atoms with van der Waals surface area (Å²) in [5, 5.41) is 3.23. The van der Waals surface area contributed by atoms with Crippen LogP contribution in [0.15, 0.2) is 36.5 Å². The molecule has 1 N–H and O–H groups in total. The van der Waals surface area contributed by atoms with E-state index in [0.717, 1.165) is 30.2 Å². The van der Waals surface area contributed by atoms with Gasteiger partial charge in [-0.2, -0.15) is 0 Å². The second-order valence-electron chi connectivity index (χ2n) is 4.00. The summed E-state index contributed by atoms with van der Waals surface area (Å²) in [7, 11) is 0. The molecule has 0 amide bonds. The molecule has 2 aromatic rings. The van der Waals surface area contributed by atoms with Gasteiger partial charge in [0.15, 0.2) is 0 Å². The first kappa shape index (κ1) is 11.7. The summed E-state index contributed by atoms with van der Waals surface area (Å²) < 4.78 is 0. The molecule has 0 aliphatic rings. The van der Waals surface area contributed by atoms with Crippen LogP contribution < -0.4 is 5.32 Å². The van der Waals surface area contributed by atoms with E-state index in [9.17, 15) is 0 Å². The van der Waals surface area contributed by atoms with Crippen LogP contribution in [0.25, 0.3) is 11.3 Å². The van der Waals surface area contributed by atoms with Gasteiger partial charge in [0.2, 0.25) is 0 Å². The summed E-state index contributed by atoms with van der Waals surface area (Å²) in [5.74, 6) is 0.838. The molecule has 3 heteroatoms. The van der Waals surface area contributed by atoms with E-state index >= 15 is 0 Å². The van der Waals surface area contributed by atoms with E-state index in [4.69, 9.17) is 0 Å². The number of nitrogens with zero attached hydrogens (tertiary/aromatic N) is 2. The Bertz CT molecular complexity index is 477. The third-order valence-electron chi connectivity index (χ3n) is 2.59. The summed E-state index contributed by atoms with van der Waals surface area (Å²) in [6.45, 7) is 5.80. The highest BCUT2D eigenvalue weighted by molar-refractivity contribution is 5.58. The lowest BCUT2D eigenvalue weighted by atomic mass is 10.1. The number of aromatic nitrogens is 2. The van der Waals surface area contributed by atoms with Gasteiger partial charge in [-0.3, -0.25) is 0 Å². The normalized spacial score (nSPS) is 10.5. The van der Waals surface area contributed by atoms with Gasteiger partial charge in [-0.05, 0) is 19.5 Å². The SMILES string of the molecule is CCNCc1nccc(-c2ccc(C)cc2)n1. The van der Waals surface area contributed by atoms with Crippen molar-refractivity contribution in [2.24, 2.45) is 0 Å². The number of benzene rings is 1. The zero-order valence-corrected chi connectivity index (χ0v) is 10.3. The molecule has 0 atom stereocenters. The van der Waals surface area contributed by atoms with Crippen molar-refractivity contribution in [1.82, 2.24) is 15.3 Å². The largest absolute Gasteiger partial charge is 0.310 e. The summed E-state index contributed by atoms with van der Waals surface area (Å²) in [6.07, 6.45) is 1.81. The highest BCUT2D eigenvalue weighted by Crippen LogP contribution is 2.16. The first-order chi connectivity index (χ1) is 8.29. The van der Waals surface area contributed by atoms with Gasteiger partial charge in [0, 0.05) is 11.8 Å². The molecule has 1 aromatic carbocycles. The van der Waals surface area contributed by atoms with Crippen molar-refractivity contribution < 1.29 is 0 Å². The van der Waals surface area contributed by atoms with Crippen LogP contribution in [0.5, 0.6) is 0 Å². The lowest BCUT2D eigenvalue weighted by molar-refractivity contribution is 0.691. The number of rotatable bonds is 4. The van der Waals surface area contributed by atoms with E-state index in [1.807, 2.05) is 12.3 Å². The van der Waals surface area contributed by atoms with Crippen LogP contribution in [0.4, 0.5) is 0 Å². The zero-order chi connectivity index (χ0) is 12.1. The van der Waals surface area contributed by atoms with Crippen molar-refractivity contribution in [3.8, 4) is 11.3 Å². The number of hydrogen-bond acceptors (Lipinski definition) is 3. The predicted molar refractivity (Wildman–Crippen MR) is 69.6 cm³/mol. The molecule has 0 unspecified atom stereocenters. The Morgan fingerprint density at radius 3 is 2.59 bits per heavy atom. The maximum absolute atomic E-state index is 4.54. The van der Waals surface area contributed by atoms with Crippen LogP contribution >= 0.6 is 0 Å². The average molecular weight is 227 g/mol. The molecule has 0 aliphatic heterocycles. The molecule has 1 heterocycles. The lowest BCUT2D eigenvalue weighted by Gasteiger charge is -2.04. The van der Waals surface area contributed by atoms with Crippen molar-refractivity contribution in [2.45, 2.75) is 20.4 Å². The Labute approximate surface area is 102 Å². The van der Waals surface area contributed by atoms with Gasteiger partial charge >= 0.3 is 0 Å². The monoisotopic (exact) mass is 227 g/mol. The minimum Gasteiger partial charge on any atom is -0.310 e. The second kappa shape index (κ2) is 5.55. The molecule has 17 heavy (non-hydrogen) atoms. The van der Waals surface area contributed by atoms with Gasteiger partial charge in [-0.15, -0.1) is 0 Å². The maximum Gasteiger partial charge on any atom is 0.142 e. The predicted octanol–water partition coefficient (Wildman–Crippen LogP) is 2.56. The van der Waals surface area contributed by atoms with Gasteiger partial charge in [0.05, 0.1) is 12.2 Å². The van der Waals surface area contributed by atoms with E-state index in [-0.39, 0.29) is 0 Å². The summed E-state index contributed by atoms with van der Waals surface area (Å²) in [4.78, 5) is 8.78. The van der Waals surface area contributed by atoms with Crippen LogP contribution in [-0.2, 0) is 6.54 Å². The molecule has 3 nitrogen and oxygen atoms in total. The molecule has 0 bridgehead atoms. The van der Waals surface area contributed by atoms with Crippen LogP contribution in [0.1, 0.15) is 18.3 Å². The molecule has 88 valence electrons. The Balaban J connectivity index is 2.23. The molecular weight excluding hydrogens is 210 g/mol. The van der Waals surface area contributed by atoms with Crippen molar-refractivity contribution in [2.75, 3.05) is 6.54 Å². The quantitative estimate of drug-likeness (QED) is 0.872. The highest BCUT2D eigenvalue weighted by Gasteiger charge is 2.01. The van der Waals surface area contributed by atoms with Crippen molar-refractivity contribution in [3.05, 3.63) is 47.9 Å². The Morgan fingerprint density at radius 2 is 1.88 bits per heavy atom. The smallest absolute Gasteiger partial charge is 0.142 e. The number of hydrogen-bond donors (Lipinski definition) is 1. The minimum atomic E-state index is 0.718. The molecule has 0 radical (unpaired) electrons. The van der Waals surface area contributed by atoms with Crippen molar-refractivity contribution >= 4 is 0 Å². The molecule has 1 aromatic heterocycles. The van der Waals surface area contributed by atoms with Crippen LogP contribution in [0.3, 0.4) is 0 Å². The molecule has 0 spiro atoms. The Morgan fingerprint density at radius 1 is 1.12 bits per heavy atom. The average Bonchev–Trinajstić information content (AvgIpc) is 2.37. The number of nitrogens with one attached hydrogen (secondary N) is 1. The molecule has 0 saturated heterocycles. The summed E-state index contributed by atoms with van der Waals surface area (Å²) in [5.41, 5.74) is 3.37. The van der Waals surface area contributed by atoms with Gasteiger partial charge in [-0.1, -0.05) is 36.8 Å². The minimum absolute atomic E-state index is 0.718. The first-order valence-corrected chi connectivity index (χ1v) is 5.89. The molecular formula is C14H17N3. The lowest BCUT2D eigenvalue weighted by Crippen LogP contribution is -2.14. The number of aryl methyl sites for hydroxylation is 1. The fourth-order valence-corrected chi connectivity index (χ4v) is 1.61. The molecule has 0 aliphatic carbocycles. The van der Waals surface area contributed by atoms with Gasteiger partial charge in [0.1, 0.15) is 5.82 Å². The van der Waals surface area contributed by atoms with Gasteiger partial charge in [0.25, 0.3) is 0 Å². The molecule has 0 fully saturated rings. The van der Waals surface area contributed by atoms with Crippen LogP contribution in [0, 0.1) is 6.92 Å². The van der Waals surface area contributed by atoms with Crippen LogP contribution in [-0.4, -0.2) is 16.5 Å². The first-order valence-electron chi connectivity index (χ1n) is 5.89. The second-order valence-corrected chi connectivity index (χ2v) is 4.00. The fraction of sp³-hybridized carbons (Fsp3) is 0.286. The van der Waals surface area contributed by atoms with E-state index in [2.05, 4.69) is 53.4 Å². The van der Waals surface area contributed by atoms with E-state index in [0.29, 0.717) is 0 Å². The standard InChI is InChI=1S/C14H17N3/c1-3-15-10-14-16-9-8-13(17-14)12-6-4-11(2)5-7-12/h4-9,15H,3,10H2,1-2H3. The molecule has 2 rings (SSSR count).